The Hall–Kier alpha value is -3.33. The van der Waals surface area contributed by atoms with Crippen molar-refractivity contribution in [3.8, 4) is 5.75 Å². The Kier molecular flexibility index (Phi) is 6.04. The van der Waals surface area contributed by atoms with Gasteiger partial charge in [-0.3, -0.25) is 10.2 Å². The Morgan fingerprint density at radius 1 is 1.15 bits per heavy atom. The van der Waals surface area contributed by atoms with Crippen molar-refractivity contribution in [1.29, 1.82) is 5.41 Å². The van der Waals surface area contributed by atoms with Gasteiger partial charge >= 0.3 is 0 Å². The van der Waals surface area contributed by atoms with E-state index in [-0.39, 0.29) is 11.4 Å². The minimum atomic E-state index is -0.407. The fraction of sp³-hybridized carbons (Fsp3) is 0.333. The summed E-state index contributed by atoms with van der Waals surface area (Å²) < 4.78 is 7.79. The Balaban J connectivity index is 1.30. The van der Waals surface area contributed by atoms with E-state index >= 15 is 0 Å². The molecule has 9 heteroatoms. The van der Waals surface area contributed by atoms with Crippen LogP contribution < -0.4 is 4.74 Å². The maximum atomic E-state index is 12.8. The van der Waals surface area contributed by atoms with Crippen molar-refractivity contribution >= 4 is 39.9 Å². The van der Waals surface area contributed by atoms with Crippen LogP contribution in [0.5, 0.6) is 5.75 Å². The standard InChI is InChI=1S/C24H26N6O2S/c1-17-9-12-29(13-10-17)24-27-30-21(25)20(22(31)26-23(30)33-24)16-18-6-5-11-28(18)14-15-32-19-7-3-2-4-8-19/h2-8,11,16-17,25H,9-10,12-15H2,1H3/b20-16-,25-21?. The number of thioether (sulfide) groups is 1. The van der Waals surface area contributed by atoms with Crippen LogP contribution >= 0.6 is 11.8 Å². The normalized spacial score (nSPS) is 20.2. The Morgan fingerprint density at radius 2 is 1.94 bits per heavy atom. The van der Waals surface area contributed by atoms with Gasteiger partial charge in [-0.2, -0.15) is 10.0 Å². The van der Waals surface area contributed by atoms with Gasteiger partial charge in [-0.15, -0.1) is 5.10 Å². The number of hydrogen-bond donors (Lipinski definition) is 1. The van der Waals surface area contributed by atoms with Gasteiger partial charge in [0.25, 0.3) is 5.91 Å². The second kappa shape index (κ2) is 9.27. The highest BCUT2D eigenvalue weighted by atomic mass is 32.2. The highest BCUT2D eigenvalue weighted by Gasteiger charge is 2.37. The molecule has 1 N–H and O–H groups in total. The molecular weight excluding hydrogens is 436 g/mol. The average Bonchev–Trinajstić information content (AvgIpc) is 3.45. The molecule has 4 heterocycles. The van der Waals surface area contributed by atoms with Gasteiger partial charge in [0.05, 0.1) is 12.1 Å². The number of piperidine rings is 1. The van der Waals surface area contributed by atoms with Gasteiger partial charge in [-0.25, -0.2) is 0 Å². The van der Waals surface area contributed by atoms with Crippen LogP contribution in [-0.2, 0) is 11.3 Å². The summed E-state index contributed by atoms with van der Waals surface area (Å²) in [6, 6.07) is 13.5. The highest BCUT2D eigenvalue weighted by Crippen LogP contribution is 2.31. The third-order valence-corrected chi connectivity index (χ3v) is 6.97. The molecule has 1 amide bonds. The molecule has 3 aliphatic heterocycles. The summed E-state index contributed by atoms with van der Waals surface area (Å²) in [6.07, 6.45) is 5.90. The number of hydrogen-bond acceptors (Lipinski definition) is 6. The number of carbonyl (C=O) groups is 1. The number of benzene rings is 1. The molecule has 1 aromatic heterocycles. The number of fused-ring (bicyclic) bond motifs is 1. The summed E-state index contributed by atoms with van der Waals surface area (Å²) in [7, 11) is 0. The molecule has 3 aliphatic rings. The molecule has 5 rings (SSSR count). The molecule has 1 aromatic carbocycles. The van der Waals surface area contributed by atoms with Crippen molar-refractivity contribution in [1.82, 2.24) is 14.5 Å². The molecule has 0 aliphatic carbocycles. The number of nitrogens with zero attached hydrogens (tertiary/aromatic N) is 5. The lowest BCUT2D eigenvalue weighted by Crippen LogP contribution is -2.36. The minimum Gasteiger partial charge on any atom is -0.492 e. The van der Waals surface area contributed by atoms with E-state index in [0.717, 1.165) is 48.5 Å². The van der Waals surface area contributed by atoms with Gasteiger partial charge < -0.3 is 14.2 Å². The van der Waals surface area contributed by atoms with Crippen molar-refractivity contribution in [2.45, 2.75) is 26.3 Å². The Bertz CT molecular complexity index is 1140. The van der Waals surface area contributed by atoms with E-state index in [0.29, 0.717) is 18.3 Å². The largest absolute Gasteiger partial charge is 0.492 e. The molecule has 33 heavy (non-hydrogen) atoms. The van der Waals surface area contributed by atoms with Crippen LogP contribution in [0.2, 0.25) is 0 Å². The molecule has 0 bridgehead atoms. The number of rotatable bonds is 5. The highest BCUT2D eigenvalue weighted by molar-refractivity contribution is 8.26. The summed E-state index contributed by atoms with van der Waals surface area (Å²) >= 11 is 1.37. The molecule has 0 unspecified atom stereocenters. The second-order valence-corrected chi connectivity index (χ2v) is 9.29. The average molecular weight is 463 g/mol. The summed E-state index contributed by atoms with van der Waals surface area (Å²) in [5.41, 5.74) is 1.06. The zero-order valence-electron chi connectivity index (χ0n) is 18.5. The molecule has 0 atom stereocenters. The molecule has 1 saturated heterocycles. The summed E-state index contributed by atoms with van der Waals surface area (Å²) in [5.74, 6) is 1.19. The molecule has 0 saturated carbocycles. The Morgan fingerprint density at radius 3 is 2.73 bits per heavy atom. The van der Waals surface area contributed by atoms with Gasteiger partial charge in [-0.05, 0) is 60.9 Å². The molecule has 0 spiro atoms. The third kappa shape index (κ3) is 4.59. The van der Waals surface area contributed by atoms with Crippen molar-refractivity contribution in [3.63, 3.8) is 0 Å². The van der Waals surface area contributed by atoms with Crippen LogP contribution in [0.25, 0.3) is 6.08 Å². The lowest BCUT2D eigenvalue weighted by Gasteiger charge is -2.30. The fourth-order valence-corrected chi connectivity index (χ4v) is 4.94. The molecule has 2 aromatic rings. The van der Waals surface area contributed by atoms with E-state index in [9.17, 15) is 4.79 Å². The molecule has 0 radical (unpaired) electrons. The van der Waals surface area contributed by atoms with E-state index in [2.05, 4.69) is 21.9 Å². The quantitative estimate of drug-likeness (QED) is 0.682. The van der Waals surface area contributed by atoms with Gasteiger partial charge in [0.2, 0.25) is 5.17 Å². The number of aromatic nitrogens is 1. The number of carbonyl (C=O) groups excluding carboxylic acids is 1. The van der Waals surface area contributed by atoms with Crippen LogP contribution in [0.15, 0.2) is 64.3 Å². The van der Waals surface area contributed by atoms with Gasteiger partial charge in [0.1, 0.15) is 12.4 Å². The van der Waals surface area contributed by atoms with E-state index in [1.807, 2.05) is 53.2 Å². The predicted octanol–water partition coefficient (Wildman–Crippen LogP) is 3.88. The first kappa shape index (κ1) is 21.5. The SMILES string of the molecule is CC1CCN(C2=NN3C(=N)/C(=C/c4cccn4CCOc4ccccc4)C(=O)N=C3S2)CC1. The monoisotopic (exact) mass is 462 g/mol. The molecule has 8 nitrogen and oxygen atoms in total. The van der Waals surface area contributed by atoms with Gasteiger partial charge in [0.15, 0.2) is 11.0 Å². The minimum absolute atomic E-state index is 0.0613. The number of aliphatic imine (C=N–C) groups is 1. The van der Waals surface area contributed by atoms with Crippen LogP contribution in [-0.4, -0.2) is 56.3 Å². The van der Waals surface area contributed by atoms with Crippen LogP contribution in [0, 0.1) is 11.3 Å². The van der Waals surface area contributed by atoms with E-state index < -0.39 is 5.91 Å². The molecule has 170 valence electrons. The van der Waals surface area contributed by atoms with E-state index in [1.165, 1.54) is 16.8 Å². The summed E-state index contributed by atoms with van der Waals surface area (Å²) in [6.45, 7) is 5.26. The molecule has 1 fully saturated rings. The number of hydrazone groups is 1. The zero-order valence-corrected chi connectivity index (χ0v) is 19.3. The van der Waals surface area contributed by atoms with Crippen molar-refractivity contribution in [2.24, 2.45) is 16.0 Å². The Labute approximate surface area is 197 Å². The maximum absolute atomic E-state index is 12.8. The second-order valence-electron chi connectivity index (χ2n) is 8.36. The lowest BCUT2D eigenvalue weighted by atomic mass is 10.00. The number of likely N-dealkylation sites (tertiary alicyclic amines) is 1. The summed E-state index contributed by atoms with van der Waals surface area (Å²) in [5, 5.41) is 16.0. The number of amides is 1. The van der Waals surface area contributed by atoms with Crippen LogP contribution in [0.4, 0.5) is 0 Å². The lowest BCUT2D eigenvalue weighted by molar-refractivity contribution is -0.114. The third-order valence-electron chi connectivity index (χ3n) is 6.00. The smallest absolute Gasteiger partial charge is 0.283 e. The first-order chi connectivity index (χ1) is 16.1. The van der Waals surface area contributed by atoms with E-state index in [1.54, 1.807) is 6.08 Å². The fourth-order valence-electron chi connectivity index (χ4n) is 4.00. The van der Waals surface area contributed by atoms with Crippen molar-refractivity contribution in [3.05, 3.63) is 59.9 Å². The molecular formula is C24H26N6O2S. The first-order valence-corrected chi connectivity index (χ1v) is 12.0. The number of ether oxygens (including phenoxy) is 1. The zero-order chi connectivity index (χ0) is 22.8. The van der Waals surface area contributed by atoms with E-state index in [4.69, 9.17) is 10.1 Å². The van der Waals surface area contributed by atoms with Crippen LogP contribution in [0.1, 0.15) is 25.5 Å². The van der Waals surface area contributed by atoms with Crippen LogP contribution in [0.3, 0.4) is 0 Å². The van der Waals surface area contributed by atoms with Gasteiger partial charge in [0, 0.05) is 25.0 Å². The number of amidine groups is 3. The number of para-hydroxylation sites is 1. The topological polar surface area (TPSA) is 86.3 Å². The first-order valence-electron chi connectivity index (χ1n) is 11.2. The predicted molar refractivity (Wildman–Crippen MR) is 131 cm³/mol. The maximum Gasteiger partial charge on any atom is 0.283 e. The number of nitrogens with one attached hydrogen (secondary N) is 1. The van der Waals surface area contributed by atoms with Gasteiger partial charge in [-0.1, -0.05) is 25.1 Å². The summed E-state index contributed by atoms with van der Waals surface area (Å²) in [4.78, 5) is 19.2. The van der Waals surface area contributed by atoms with Crippen molar-refractivity contribution < 1.29 is 9.53 Å². The van der Waals surface area contributed by atoms with Crippen molar-refractivity contribution in [2.75, 3.05) is 19.7 Å².